The number of aliphatic hydroxyl groups excluding tert-OH is 1. The van der Waals surface area contributed by atoms with Crippen molar-refractivity contribution in [3.8, 4) is 0 Å². The third kappa shape index (κ3) is 4.33. The Bertz CT molecular complexity index is 167. The zero-order valence-corrected chi connectivity index (χ0v) is 10.9. The van der Waals surface area contributed by atoms with Crippen LogP contribution in [0.3, 0.4) is 0 Å². The molecule has 0 radical (unpaired) electrons. The minimum atomic E-state index is 0.0425. The van der Waals surface area contributed by atoms with Gasteiger partial charge in [0.05, 0.1) is 6.61 Å². The molecule has 0 saturated heterocycles. The lowest BCUT2D eigenvalue weighted by Crippen LogP contribution is -2.51. The zero-order chi connectivity index (χ0) is 11.1. The molecule has 0 heterocycles. The second-order valence-corrected chi connectivity index (χ2v) is 6.14. The van der Waals surface area contributed by atoms with E-state index in [0.717, 1.165) is 31.1 Å². The molecule has 1 rings (SSSR count). The summed E-state index contributed by atoms with van der Waals surface area (Å²) in [4.78, 5) is 0. The first kappa shape index (κ1) is 13.3. The second kappa shape index (κ2) is 6.77. The van der Waals surface area contributed by atoms with Crippen molar-refractivity contribution in [2.45, 2.75) is 45.1 Å². The fraction of sp³-hybridized carbons (Fsp3) is 1.00. The summed E-state index contributed by atoms with van der Waals surface area (Å²) in [6.07, 6.45) is 4.80. The third-order valence-corrected chi connectivity index (χ3v) is 4.39. The number of aliphatic hydroxyl groups is 1. The van der Waals surface area contributed by atoms with Gasteiger partial charge in [-0.1, -0.05) is 13.8 Å². The molecule has 0 amide bonds. The molecule has 3 heteroatoms. The molecule has 0 atom stereocenters. The highest BCUT2D eigenvalue weighted by Crippen LogP contribution is 2.31. The van der Waals surface area contributed by atoms with Gasteiger partial charge in [-0.3, -0.25) is 0 Å². The van der Waals surface area contributed by atoms with Crippen LogP contribution in [0, 0.1) is 5.92 Å². The predicted molar refractivity (Wildman–Crippen MR) is 68.5 cm³/mol. The van der Waals surface area contributed by atoms with Gasteiger partial charge in [0.15, 0.2) is 0 Å². The normalized spacial score (nSPS) is 31.8. The number of rotatable bonds is 6. The van der Waals surface area contributed by atoms with Gasteiger partial charge in [0, 0.05) is 17.8 Å². The Labute approximate surface area is 98.2 Å². The first-order valence-corrected chi connectivity index (χ1v) is 7.31. The van der Waals surface area contributed by atoms with E-state index in [9.17, 15) is 5.11 Å². The van der Waals surface area contributed by atoms with Gasteiger partial charge in [0.1, 0.15) is 0 Å². The van der Waals surface area contributed by atoms with Gasteiger partial charge >= 0.3 is 0 Å². The Morgan fingerprint density at radius 1 is 1.40 bits per heavy atom. The van der Waals surface area contributed by atoms with Crippen molar-refractivity contribution < 1.29 is 5.11 Å². The Hall–Kier alpha value is 0.270. The van der Waals surface area contributed by atoms with Gasteiger partial charge in [0.2, 0.25) is 0 Å². The SMILES string of the molecule is CCSCCNC1(CO)CCC(C)CC1. The van der Waals surface area contributed by atoms with E-state index in [1.54, 1.807) is 0 Å². The summed E-state index contributed by atoms with van der Waals surface area (Å²) in [6.45, 7) is 5.84. The summed E-state index contributed by atoms with van der Waals surface area (Å²) in [5, 5.41) is 13.1. The van der Waals surface area contributed by atoms with Crippen LogP contribution in [0.4, 0.5) is 0 Å². The minimum absolute atomic E-state index is 0.0425. The lowest BCUT2D eigenvalue weighted by molar-refractivity contribution is 0.108. The molecular formula is C12H25NOS. The van der Waals surface area contributed by atoms with Crippen LogP contribution in [0.25, 0.3) is 0 Å². The Morgan fingerprint density at radius 2 is 2.07 bits per heavy atom. The zero-order valence-electron chi connectivity index (χ0n) is 10.1. The van der Waals surface area contributed by atoms with E-state index in [4.69, 9.17) is 0 Å². The van der Waals surface area contributed by atoms with E-state index in [2.05, 4.69) is 19.2 Å². The molecule has 0 aromatic carbocycles. The first-order chi connectivity index (χ1) is 7.22. The Morgan fingerprint density at radius 3 is 2.60 bits per heavy atom. The van der Waals surface area contributed by atoms with Crippen LogP contribution >= 0.6 is 11.8 Å². The summed E-state index contributed by atoms with van der Waals surface area (Å²) in [5.41, 5.74) is 0.0425. The molecule has 0 aromatic rings. The van der Waals surface area contributed by atoms with Gasteiger partial charge < -0.3 is 10.4 Å². The molecule has 0 spiro atoms. The van der Waals surface area contributed by atoms with Crippen LogP contribution in [0.1, 0.15) is 39.5 Å². The topological polar surface area (TPSA) is 32.3 Å². The maximum Gasteiger partial charge on any atom is 0.0613 e. The number of hydrogen-bond acceptors (Lipinski definition) is 3. The molecule has 0 aliphatic heterocycles. The smallest absolute Gasteiger partial charge is 0.0613 e. The molecule has 2 nitrogen and oxygen atoms in total. The lowest BCUT2D eigenvalue weighted by atomic mass is 9.77. The van der Waals surface area contributed by atoms with Crippen molar-refractivity contribution in [1.82, 2.24) is 5.32 Å². The third-order valence-electron chi connectivity index (χ3n) is 3.48. The highest BCUT2D eigenvalue weighted by atomic mass is 32.2. The van der Waals surface area contributed by atoms with Crippen molar-refractivity contribution in [2.75, 3.05) is 24.7 Å². The van der Waals surface area contributed by atoms with E-state index in [-0.39, 0.29) is 5.54 Å². The quantitative estimate of drug-likeness (QED) is 0.688. The van der Waals surface area contributed by atoms with Crippen molar-refractivity contribution in [3.05, 3.63) is 0 Å². The molecule has 1 aliphatic carbocycles. The average Bonchev–Trinajstić information content (AvgIpc) is 2.28. The van der Waals surface area contributed by atoms with Crippen LogP contribution < -0.4 is 5.32 Å². The van der Waals surface area contributed by atoms with Crippen molar-refractivity contribution in [2.24, 2.45) is 5.92 Å². The van der Waals surface area contributed by atoms with E-state index in [0.29, 0.717) is 6.61 Å². The predicted octanol–water partition coefficient (Wildman–Crippen LogP) is 2.27. The Kier molecular flexibility index (Phi) is 6.02. The van der Waals surface area contributed by atoms with Crippen LogP contribution in [-0.4, -0.2) is 35.3 Å². The fourth-order valence-corrected chi connectivity index (χ4v) is 2.77. The molecule has 1 saturated carbocycles. The van der Waals surface area contributed by atoms with Gasteiger partial charge in [0.25, 0.3) is 0 Å². The van der Waals surface area contributed by atoms with Crippen LogP contribution in [-0.2, 0) is 0 Å². The fourth-order valence-electron chi connectivity index (χ4n) is 2.24. The molecule has 1 fully saturated rings. The largest absolute Gasteiger partial charge is 0.394 e. The monoisotopic (exact) mass is 231 g/mol. The lowest BCUT2D eigenvalue weighted by Gasteiger charge is -2.39. The average molecular weight is 231 g/mol. The van der Waals surface area contributed by atoms with Gasteiger partial charge in [-0.15, -0.1) is 0 Å². The summed E-state index contributed by atoms with van der Waals surface area (Å²) >= 11 is 1.96. The summed E-state index contributed by atoms with van der Waals surface area (Å²) in [7, 11) is 0. The Balaban J connectivity index is 2.27. The van der Waals surface area contributed by atoms with E-state index in [1.807, 2.05) is 11.8 Å². The maximum atomic E-state index is 9.52. The van der Waals surface area contributed by atoms with Crippen LogP contribution in [0.2, 0.25) is 0 Å². The molecule has 90 valence electrons. The summed E-state index contributed by atoms with van der Waals surface area (Å²) in [5.74, 6) is 3.19. The van der Waals surface area contributed by atoms with E-state index in [1.165, 1.54) is 18.6 Å². The van der Waals surface area contributed by atoms with Crippen LogP contribution in [0.15, 0.2) is 0 Å². The minimum Gasteiger partial charge on any atom is -0.394 e. The van der Waals surface area contributed by atoms with E-state index >= 15 is 0 Å². The number of nitrogens with one attached hydrogen (secondary N) is 1. The maximum absolute atomic E-state index is 9.52. The summed E-state index contributed by atoms with van der Waals surface area (Å²) in [6, 6.07) is 0. The molecule has 2 N–H and O–H groups in total. The standard InChI is InChI=1S/C12H25NOS/c1-3-15-9-8-13-12(10-14)6-4-11(2)5-7-12/h11,13-14H,3-10H2,1-2H3. The van der Waals surface area contributed by atoms with Gasteiger partial charge in [-0.05, 0) is 37.4 Å². The molecule has 1 aliphatic rings. The highest BCUT2D eigenvalue weighted by Gasteiger charge is 2.32. The van der Waals surface area contributed by atoms with Gasteiger partial charge in [-0.2, -0.15) is 11.8 Å². The van der Waals surface area contributed by atoms with Gasteiger partial charge in [-0.25, -0.2) is 0 Å². The van der Waals surface area contributed by atoms with Crippen molar-refractivity contribution in [1.29, 1.82) is 0 Å². The number of hydrogen-bond donors (Lipinski definition) is 2. The highest BCUT2D eigenvalue weighted by molar-refractivity contribution is 7.99. The first-order valence-electron chi connectivity index (χ1n) is 6.16. The molecule has 0 unspecified atom stereocenters. The summed E-state index contributed by atoms with van der Waals surface area (Å²) < 4.78 is 0. The van der Waals surface area contributed by atoms with Crippen molar-refractivity contribution >= 4 is 11.8 Å². The number of thioether (sulfide) groups is 1. The van der Waals surface area contributed by atoms with Crippen molar-refractivity contribution in [3.63, 3.8) is 0 Å². The van der Waals surface area contributed by atoms with E-state index < -0.39 is 0 Å². The second-order valence-electron chi connectivity index (χ2n) is 4.74. The molecular weight excluding hydrogens is 206 g/mol. The molecule has 0 bridgehead atoms. The van der Waals surface area contributed by atoms with Crippen LogP contribution in [0.5, 0.6) is 0 Å². The molecule has 0 aromatic heterocycles. The molecule has 15 heavy (non-hydrogen) atoms.